The van der Waals surface area contributed by atoms with Crippen molar-refractivity contribution in [3.8, 4) is 0 Å². The first-order valence-corrected chi connectivity index (χ1v) is 8.60. The van der Waals surface area contributed by atoms with Gasteiger partial charge in [-0.1, -0.05) is 13.0 Å². The normalized spacial score (nSPS) is 19.8. The van der Waals surface area contributed by atoms with Crippen LogP contribution in [-0.2, 0) is 16.2 Å². The van der Waals surface area contributed by atoms with E-state index < -0.39 is 21.8 Å². The first kappa shape index (κ1) is 17.2. The summed E-state index contributed by atoms with van der Waals surface area (Å²) in [7, 11) is -3.94. The van der Waals surface area contributed by atoms with Crippen molar-refractivity contribution in [1.82, 2.24) is 9.62 Å². The fraction of sp³-hybridized carbons (Fsp3) is 0.571. The van der Waals surface area contributed by atoms with Crippen LogP contribution in [0.2, 0.25) is 0 Å². The summed E-state index contributed by atoms with van der Waals surface area (Å²) >= 11 is 0. The van der Waals surface area contributed by atoms with Gasteiger partial charge in [-0.15, -0.1) is 0 Å². The van der Waals surface area contributed by atoms with Gasteiger partial charge < -0.3 is 5.32 Å². The summed E-state index contributed by atoms with van der Waals surface area (Å²) in [5.74, 6) is 0. The van der Waals surface area contributed by atoms with E-state index in [4.69, 9.17) is 0 Å². The Labute approximate surface area is 128 Å². The molecule has 2 rings (SSSR count). The lowest BCUT2D eigenvalue weighted by Crippen LogP contribution is -2.42. The Kier molecular flexibility index (Phi) is 5.14. The minimum atomic E-state index is -4.56. The average Bonchev–Trinajstić information content (AvgIpc) is 2.97. The lowest BCUT2D eigenvalue weighted by Gasteiger charge is -2.27. The molecule has 1 fully saturated rings. The lowest BCUT2D eigenvalue weighted by atomic mass is 10.2. The van der Waals surface area contributed by atoms with Crippen LogP contribution in [0.5, 0.6) is 0 Å². The first-order valence-electron chi connectivity index (χ1n) is 7.16. The minimum Gasteiger partial charge on any atom is -0.315 e. The molecule has 1 atom stereocenters. The largest absolute Gasteiger partial charge is 0.416 e. The monoisotopic (exact) mass is 336 g/mol. The number of nitrogens with one attached hydrogen (secondary N) is 1. The van der Waals surface area contributed by atoms with Crippen LogP contribution in [0.25, 0.3) is 0 Å². The number of sulfonamides is 1. The molecule has 0 spiro atoms. The van der Waals surface area contributed by atoms with Gasteiger partial charge in [-0.2, -0.15) is 17.5 Å². The van der Waals surface area contributed by atoms with E-state index in [1.165, 1.54) is 10.4 Å². The Morgan fingerprint density at radius 1 is 1.36 bits per heavy atom. The van der Waals surface area contributed by atoms with Crippen molar-refractivity contribution >= 4 is 10.0 Å². The second-order valence-electron chi connectivity index (χ2n) is 5.29. The Morgan fingerprint density at radius 3 is 2.64 bits per heavy atom. The van der Waals surface area contributed by atoms with Crippen LogP contribution < -0.4 is 5.32 Å². The summed E-state index contributed by atoms with van der Waals surface area (Å²) in [5, 5.41) is 3.08. The molecule has 0 aliphatic carbocycles. The molecule has 4 nitrogen and oxygen atoms in total. The molecule has 1 N–H and O–H groups in total. The molecule has 1 unspecified atom stereocenters. The molecule has 22 heavy (non-hydrogen) atoms. The van der Waals surface area contributed by atoms with Crippen LogP contribution >= 0.6 is 0 Å². The maximum absolute atomic E-state index is 12.8. The summed E-state index contributed by atoms with van der Waals surface area (Å²) < 4.78 is 65.1. The number of nitrogens with zero attached hydrogens (tertiary/aromatic N) is 1. The number of alkyl halides is 3. The standard InChI is InChI=1S/C14H19F3N2O2S/c1-2-8-19(12-6-7-18-10-12)22(20,21)13-5-3-4-11(9-13)14(15,16)17/h3-5,9,12,18H,2,6-8,10H2,1H3. The zero-order valence-electron chi connectivity index (χ0n) is 12.2. The molecule has 0 bridgehead atoms. The van der Waals surface area contributed by atoms with Gasteiger partial charge in [0.25, 0.3) is 0 Å². The molecule has 1 aliphatic rings. The van der Waals surface area contributed by atoms with E-state index in [0.29, 0.717) is 38.5 Å². The highest BCUT2D eigenvalue weighted by atomic mass is 32.2. The van der Waals surface area contributed by atoms with Crippen molar-refractivity contribution in [2.45, 2.75) is 36.9 Å². The molecular weight excluding hydrogens is 317 g/mol. The maximum Gasteiger partial charge on any atom is 0.416 e. The molecule has 1 aromatic carbocycles. The van der Waals surface area contributed by atoms with Crippen LogP contribution in [0.15, 0.2) is 29.2 Å². The van der Waals surface area contributed by atoms with Crippen molar-refractivity contribution in [1.29, 1.82) is 0 Å². The van der Waals surface area contributed by atoms with E-state index in [0.717, 1.165) is 12.1 Å². The summed E-state index contributed by atoms with van der Waals surface area (Å²) in [4.78, 5) is -0.303. The number of benzene rings is 1. The van der Waals surface area contributed by atoms with E-state index in [-0.39, 0.29) is 10.9 Å². The van der Waals surface area contributed by atoms with Gasteiger partial charge in [0.2, 0.25) is 10.0 Å². The molecule has 0 radical (unpaired) electrons. The van der Waals surface area contributed by atoms with E-state index in [2.05, 4.69) is 5.32 Å². The highest BCUT2D eigenvalue weighted by Gasteiger charge is 2.35. The summed E-state index contributed by atoms with van der Waals surface area (Å²) in [6.07, 6.45) is -3.29. The van der Waals surface area contributed by atoms with Crippen molar-refractivity contribution in [2.75, 3.05) is 19.6 Å². The van der Waals surface area contributed by atoms with Gasteiger partial charge in [0.05, 0.1) is 10.5 Å². The van der Waals surface area contributed by atoms with Crippen LogP contribution in [0, 0.1) is 0 Å². The molecule has 0 amide bonds. The highest BCUT2D eigenvalue weighted by Crippen LogP contribution is 2.31. The fourth-order valence-corrected chi connectivity index (χ4v) is 4.37. The fourth-order valence-electron chi connectivity index (χ4n) is 2.57. The summed E-state index contributed by atoms with van der Waals surface area (Å²) in [6, 6.07) is 3.72. The second kappa shape index (κ2) is 6.55. The van der Waals surface area contributed by atoms with Gasteiger partial charge in [-0.05, 0) is 37.6 Å². The quantitative estimate of drug-likeness (QED) is 0.899. The van der Waals surface area contributed by atoms with Crippen molar-refractivity contribution < 1.29 is 21.6 Å². The van der Waals surface area contributed by atoms with E-state index in [1.54, 1.807) is 0 Å². The predicted molar refractivity (Wildman–Crippen MR) is 76.9 cm³/mol. The summed E-state index contributed by atoms with van der Waals surface area (Å²) in [5.41, 5.74) is -0.949. The van der Waals surface area contributed by atoms with Crippen LogP contribution in [0.3, 0.4) is 0 Å². The predicted octanol–water partition coefficient (Wildman–Crippen LogP) is 2.47. The van der Waals surface area contributed by atoms with Crippen molar-refractivity contribution in [2.24, 2.45) is 0 Å². The van der Waals surface area contributed by atoms with E-state index in [9.17, 15) is 21.6 Å². The van der Waals surface area contributed by atoms with E-state index in [1.807, 2.05) is 6.92 Å². The molecular formula is C14H19F3N2O2S. The number of rotatable bonds is 5. The van der Waals surface area contributed by atoms with Gasteiger partial charge in [-0.25, -0.2) is 8.42 Å². The topological polar surface area (TPSA) is 49.4 Å². The molecule has 1 aliphatic heterocycles. The molecule has 1 heterocycles. The Bertz CT molecular complexity index is 611. The first-order chi connectivity index (χ1) is 10.3. The van der Waals surface area contributed by atoms with Crippen molar-refractivity contribution in [3.05, 3.63) is 29.8 Å². The van der Waals surface area contributed by atoms with Crippen LogP contribution in [-0.4, -0.2) is 38.4 Å². The van der Waals surface area contributed by atoms with Gasteiger partial charge in [-0.3, -0.25) is 0 Å². The molecule has 124 valence electrons. The minimum absolute atomic E-state index is 0.209. The Hall–Kier alpha value is -1.12. The van der Waals surface area contributed by atoms with Crippen LogP contribution in [0.4, 0.5) is 13.2 Å². The second-order valence-corrected chi connectivity index (χ2v) is 7.18. The SMILES string of the molecule is CCCN(C1CCNC1)S(=O)(=O)c1cccc(C(F)(F)F)c1. The smallest absolute Gasteiger partial charge is 0.315 e. The van der Waals surface area contributed by atoms with Crippen LogP contribution in [0.1, 0.15) is 25.3 Å². The zero-order chi connectivity index (χ0) is 16.4. The lowest BCUT2D eigenvalue weighted by molar-refractivity contribution is -0.137. The van der Waals surface area contributed by atoms with Crippen molar-refractivity contribution in [3.63, 3.8) is 0 Å². The Morgan fingerprint density at radius 2 is 2.09 bits per heavy atom. The molecule has 1 aromatic rings. The summed E-state index contributed by atoms with van der Waals surface area (Å²) in [6.45, 7) is 3.38. The van der Waals surface area contributed by atoms with Gasteiger partial charge in [0.15, 0.2) is 0 Å². The van der Waals surface area contributed by atoms with Gasteiger partial charge in [0, 0.05) is 19.1 Å². The van der Waals surface area contributed by atoms with E-state index >= 15 is 0 Å². The number of hydrogen-bond acceptors (Lipinski definition) is 3. The molecule has 1 saturated heterocycles. The number of hydrogen-bond donors (Lipinski definition) is 1. The maximum atomic E-state index is 12.8. The molecule has 0 saturated carbocycles. The third-order valence-electron chi connectivity index (χ3n) is 3.65. The third-order valence-corrected chi connectivity index (χ3v) is 5.60. The Balaban J connectivity index is 2.38. The average molecular weight is 336 g/mol. The molecule has 8 heteroatoms. The third kappa shape index (κ3) is 3.61. The van der Waals surface area contributed by atoms with Gasteiger partial charge in [0.1, 0.15) is 0 Å². The van der Waals surface area contributed by atoms with Gasteiger partial charge >= 0.3 is 6.18 Å². The zero-order valence-corrected chi connectivity index (χ0v) is 13.0. The number of halogens is 3. The highest BCUT2D eigenvalue weighted by molar-refractivity contribution is 7.89. The molecule has 0 aromatic heterocycles.